The number of methoxy groups -OCH3 is 2. The third-order valence-corrected chi connectivity index (χ3v) is 6.32. The Bertz CT molecular complexity index is 914. The van der Waals surface area contributed by atoms with Gasteiger partial charge in [0.15, 0.2) is 16.6 Å². The smallest absolute Gasteiger partial charge is 0.166 e. The molecule has 0 spiro atoms. The Morgan fingerprint density at radius 3 is 2.34 bits per heavy atom. The number of aryl methyl sites for hydroxylation is 1. The van der Waals surface area contributed by atoms with E-state index in [1.54, 1.807) is 14.2 Å². The molecule has 5 nitrogen and oxygen atoms in total. The predicted molar refractivity (Wildman–Crippen MR) is 136 cm³/mol. The van der Waals surface area contributed by atoms with Gasteiger partial charge in [0, 0.05) is 25.2 Å². The molecule has 1 aliphatic heterocycles. The molecule has 174 valence electrons. The maximum atomic E-state index is 5.66. The summed E-state index contributed by atoms with van der Waals surface area (Å²) >= 11 is 5.63. The average Bonchev–Trinajstić information content (AvgIpc) is 2.77. The van der Waals surface area contributed by atoms with Gasteiger partial charge in [0.1, 0.15) is 0 Å². The fraction of sp³-hybridized carbons (Fsp3) is 0.500. The van der Waals surface area contributed by atoms with Crippen molar-refractivity contribution in [1.82, 2.24) is 15.5 Å². The highest BCUT2D eigenvalue weighted by Crippen LogP contribution is 2.40. The summed E-state index contributed by atoms with van der Waals surface area (Å²) in [6.07, 6.45) is 1.92. The zero-order chi connectivity index (χ0) is 23.3. The second-order valence-electron chi connectivity index (χ2n) is 8.84. The number of hydrogen-bond acceptors (Lipinski definition) is 4. The highest BCUT2D eigenvalue weighted by molar-refractivity contribution is 7.80. The van der Waals surface area contributed by atoms with Crippen LogP contribution >= 0.6 is 12.2 Å². The number of rotatable bonds is 8. The lowest BCUT2D eigenvalue weighted by Crippen LogP contribution is -2.51. The third kappa shape index (κ3) is 5.73. The average molecular weight is 456 g/mol. The van der Waals surface area contributed by atoms with Crippen molar-refractivity contribution < 1.29 is 9.47 Å². The minimum absolute atomic E-state index is 0.163. The quantitative estimate of drug-likeness (QED) is 0.560. The lowest BCUT2D eigenvalue weighted by molar-refractivity contribution is 0.141. The van der Waals surface area contributed by atoms with E-state index in [0.29, 0.717) is 11.2 Å². The first-order valence-electron chi connectivity index (χ1n) is 11.5. The summed E-state index contributed by atoms with van der Waals surface area (Å²) in [5.74, 6) is 1.56. The molecule has 3 rings (SSSR count). The maximum absolute atomic E-state index is 5.66. The summed E-state index contributed by atoms with van der Waals surface area (Å²) in [6.45, 7) is 10.4. The molecule has 1 aliphatic rings. The Balaban J connectivity index is 1.99. The van der Waals surface area contributed by atoms with E-state index in [1.807, 2.05) is 0 Å². The number of hydrogen-bond donors (Lipinski definition) is 2. The number of benzene rings is 2. The lowest BCUT2D eigenvalue weighted by Gasteiger charge is -2.42. The second-order valence-corrected chi connectivity index (χ2v) is 9.25. The highest BCUT2D eigenvalue weighted by Gasteiger charge is 2.34. The Hall–Kier alpha value is -2.31. The van der Waals surface area contributed by atoms with E-state index in [-0.39, 0.29) is 12.1 Å². The molecule has 2 aromatic rings. The standard InChI is InChI=1S/C26H37N3O2S/c1-7-22(28-26(32)27-17(2)3)25-21-15-24(31-6)23(30-5)14-20(21)12-13-29(25)16-19-10-8-18(4)9-11-19/h8-11,14-15,17,22,25H,7,12-13,16H2,1-6H3,(H2,27,28,32). The van der Waals surface area contributed by atoms with Gasteiger partial charge in [-0.1, -0.05) is 36.8 Å². The third-order valence-electron chi connectivity index (χ3n) is 6.09. The number of thiocarbonyl (C=S) groups is 1. The van der Waals surface area contributed by atoms with Crippen molar-refractivity contribution in [2.45, 2.75) is 65.2 Å². The molecule has 2 unspecified atom stereocenters. The monoisotopic (exact) mass is 455 g/mol. The molecule has 0 saturated heterocycles. The molecule has 0 aliphatic carbocycles. The van der Waals surface area contributed by atoms with Crippen molar-refractivity contribution in [3.05, 3.63) is 58.7 Å². The first-order valence-corrected chi connectivity index (χ1v) is 11.9. The molecular weight excluding hydrogens is 418 g/mol. The zero-order valence-corrected chi connectivity index (χ0v) is 21.0. The van der Waals surface area contributed by atoms with Gasteiger partial charge in [-0.15, -0.1) is 0 Å². The van der Waals surface area contributed by atoms with Gasteiger partial charge in [-0.05, 0) is 74.7 Å². The van der Waals surface area contributed by atoms with Crippen molar-refractivity contribution in [3.63, 3.8) is 0 Å². The number of fused-ring (bicyclic) bond motifs is 1. The molecule has 6 heteroatoms. The number of nitrogens with zero attached hydrogens (tertiary/aromatic N) is 1. The van der Waals surface area contributed by atoms with Crippen LogP contribution in [-0.4, -0.2) is 42.9 Å². The van der Waals surface area contributed by atoms with Crippen LogP contribution in [0.1, 0.15) is 55.5 Å². The minimum Gasteiger partial charge on any atom is -0.493 e. The van der Waals surface area contributed by atoms with Gasteiger partial charge in [0.25, 0.3) is 0 Å². The molecule has 0 amide bonds. The molecule has 0 aromatic heterocycles. The van der Waals surface area contributed by atoms with Gasteiger partial charge in [-0.2, -0.15) is 0 Å². The Morgan fingerprint density at radius 1 is 1.09 bits per heavy atom. The Morgan fingerprint density at radius 2 is 1.75 bits per heavy atom. The van der Waals surface area contributed by atoms with Crippen LogP contribution in [0.15, 0.2) is 36.4 Å². The first kappa shape index (κ1) is 24.3. The molecule has 2 N–H and O–H groups in total. The fourth-order valence-corrected chi connectivity index (χ4v) is 4.87. The van der Waals surface area contributed by atoms with Crippen LogP contribution in [0, 0.1) is 6.92 Å². The molecule has 2 aromatic carbocycles. The molecule has 32 heavy (non-hydrogen) atoms. The number of nitrogens with one attached hydrogen (secondary N) is 2. The van der Waals surface area contributed by atoms with Crippen LogP contribution in [0.3, 0.4) is 0 Å². The van der Waals surface area contributed by atoms with Crippen LogP contribution in [0.4, 0.5) is 0 Å². The van der Waals surface area contributed by atoms with E-state index in [9.17, 15) is 0 Å². The molecule has 1 heterocycles. The van der Waals surface area contributed by atoms with Crippen molar-refractivity contribution in [2.75, 3.05) is 20.8 Å². The van der Waals surface area contributed by atoms with Crippen molar-refractivity contribution in [1.29, 1.82) is 0 Å². The maximum Gasteiger partial charge on any atom is 0.166 e. The fourth-order valence-electron chi connectivity index (χ4n) is 4.48. The number of ether oxygens (including phenoxy) is 2. The first-order chi connectivity index (χ1) is 15.4. The van der Waals surface area contributed by atoms with E-state index >= 15 is 0 Å². The van der Waals surface area contributed by atoms with Crippen LogP contribution < -0.4 is 20.1 Å². The van der Waals surface area contributed by atoms with Gasteiger partial charge < -0.3 is 20.1 Å². The molecule has 0 radical (unpaired) electrons. The Kier molecular flexibility index (Phi) is 8.38. The topological polar surface area (TPSA) is 45.8 Å². The summed E-state index contributed by atoms with van der Waals surface area (Å²) in [4.78, 5) is 2.57. The zero-order valence-electron chi connectivity index (χ0n) is 20.2. The van der Waals surface area contributed by atoms with Gasteiger partial charge in [0.05, 0.1) is 20.3 Å². The van der Waals surface area contributed by atoms with Gasteiger partial charge in [-0.25, -0.2) is 0 Å². The molecule has 2 atom stereocenters. The van der Waals surface area contributed by atoms with E-state index in [4.69, 9.17) is 21.7 Å². The van der Waals surface area contributed by atoms with E-state index < -0.39 is 0 Å². The summed E-state index contributed by atoms with van der Waals surface area (Å²) in [5, 5.41) is 7.65. The van der Waals surface area contributed by atoms with E-state index in [0.717, 1.165) is 37.4 Å². The van der Waals surface area contributed by atoms with Crippen molar-refractivity contribution >= 4 is 17.3 Å². The van der Waals surface area contributed by atoms with Crippen molar-refractivity contribution in [3.8, 4) is 11.5 Å². The van der Waals surface area contributed by atoms with Crippen molar-refractivity contribution in [2.24, 2.45) is 0 Å². The van der Waals surface area contributed by atoms with Crippen LogP contribution in [0.25, 0.3) is 0 Å². The summed E-state index contributed by atoms with van der Waals surface area (Å²) in [5.41, 5.74) is 5.20. The molecule has 0 bridgehead atoms. The summed E-state index contributed by atoms with van der Waals surface area (Å²) < 4.78 is 11.2. The predicted octanol–water partition coefficient (Wildman–Crippen LogP) is 4.76. The van der Waals surface area contributed by atoms with Crippen LogP contribution in [-0.2, 0) is 13.0 Å². The van der Waals surface area contributed by atoms with E-state index in [2.05, 4.69) is 79.6 Å². The SMILES string of the molecule is CCC(NC(=S)NC(C)C)C1c2cc(OC)c(OC)cc2CCN1Cc1ccc(C)cc1. The minimum atomic E-state index is 0.163. The van der Waals surface area contributed by atoms with Gasteiger partial charge in [0.2, 0.25) is 0 Å². The largest absolute Gasteiger partial charge is 0.493 e. The summed E-state index contributed by atoms with van der Waals surface area (Å²) in [7, 11) is 3.39. The van der Waals surface area contributed by atoms with E-state index in [1.165, 1.54) is 22.3 Å². The molecule has 0 fully saturated rings. The van der Waals surface area contributed by atoms with Gasteiger partial charge in [-0.3, -0.25) is 4.90 Å². The van der Waals surface area contributed by atoms with Crippen LogP contribution in [0.2, 0.25) is 0 Å². The lowest BCUT2D eigenvalue weighted by atomic mass is 9.86. The molecule has 0 saturated carbocycles. The highest BCUT2D eigenvalue weighted by atomic mass is 32.1. The van der Waals surface area contributed by atoms with Gasteiger partial charge >= 0.3 is 0 Å². The van der Waals surface area contributed by atoms with Crippen LogP contribution in [0.5, 0.6) is 11.5 Å². The second kappa shape index (κ2) is 11.0. The Labute approximate surface area is 198 Å². The summed E-state index contributed by atoms with van der Waals surface area (Å²) in [6, 6.07) is 13.8. The molecular formula is C26H37N3O2S. The normalized spacial score (nSPS) is 16.9.